The van der Waals surface area contributed by atoms with Gasteiger partial charge in [0.1, 0.15) is 0 Å². The highest BCUT2D eigenvalue weighted by Gasteiger charge is 2.21. The van der Waals surface area contributed by atoms with Gasteiger partial charge in [0, 0.05) is 10.3 Å². The second-order valence-electron chi connectivity index (χ2n) is 5.17. The van der Waals surface area contributed by atoms with Crippen molar-refractivity contribution in [1.82, 2.24) is 0 Å². The lowest BCUT2D eigenvalue weighted by Gasteiger charge is -2.10. The van der Waals surface area contributed by atoms with Crippen LogP contribution in [0, 0.1) is 0 Å². The first kappa shape index (κ1) is 14.1. The van der Waals surface area contributed by atoms with Gasteiger partial charge in [0.25, 0.3) is 0 Å². The molecule has 0 fully saturated rings. The fourth-order valence-electron chi connectivity index (χ4n) is 2.64. The molecule has 4 heteroatoms. The number of benzene rings is 1. The first-order valence-corrected chi connectivity index (χ1v) is 7.42. The first-order chi connectivity index (χ1) is 10.1. The zero-order chi connectivity index (χ0) is 15.0. The molecule has 0 unspecified atom stereocenters. The molecule has 0 spiro atoms. The van der Waals surface area contributed by atoms with Gasteiger partial charge in [-0.25, -0.2) is 0 Å². The fourth-order valence-corrected chi connectivity index (χ4v) is 2.83. The summed E-state index contributed by atoms with van der Waals surface area (Å²) in [5, 5.41) is 2.71. The number of allylic oxidation sites excluding steroid dienone is 2. The molecule has 0 saturated carbocycles. The molecule has 0 radical (unpaired) electrons. The highest BCUT2D eigenvalue weighted by molar-refractivity contribution is 6.32. The van der Waals surface area contributed by atoms with E-state index in [9.17, 15) is 4.79 Å². The highest BCUT2D eigenvalue weighted by Crippen LogP contribution is 2.23. The average molecular weight is 302 g/mol. The molecule has 1 aromatic rings. The van der Waals surface area contributed by atoms with Crippen LogP contribution in [-0.2, 0) is 9.53 Å². The van der Waals surface area contributed by atoms with Crippen LogP contribution in [0.3, 0.4) is 0 Å². The molecular formula is C17H16ClNO2. The predicted octanol–water partition coefficient (Wildman–Crippen LogP) is 2.20. The zero-order valence-corrected chi connectivity index (χ0v) is 12.7. The summed E-state index contributed by atoms with van der Waals surface area (Å²) in [6.45, 7) is 4.06. The number of ether oxygens (including phenoxy) is 1. The van der Waals surface area contributed by atoms with Crippen LogP contribution in [0.2, 0.25) is 0 Å². The van der Waals surface area contributed by atoms with E-state index in [1.54, 1.807) is 0 Å². The largest absolute Gasteiger partial charge is 0.466 e. The van der Waals surface area contributed by atoms with Crippen LogP contribution >= 0.6 is 11.6 Å². The Hall–Kier alpha value is -1.87. The molecule has 0 amide bonds. The Kier molecular flexibility index (Phi) is 3.68. The van der Waals surface area contributed by atoms with Gasteiger partial charge >= 0.3 is 5.97 Å². The Balaban J connectivity index is 2.03. The molecule has 21 heavy (non-hydrogen) atoms. The SMILES string of the molecule is CCOC(=O)[C@H](C)c1ccc2c(c1)=N[C@@H]1C=CC(Cl)=CC=21. The van der Waals surface area contributed by atoms with E-state index in [1.807, 2.05) is 50.3 Å². The number of hydrogen-bond acceptors (Lipinski definition) is 3. The van der Waals surface area contributed by atoms with E-state index in [4.69, 9.17) is 16.3 Å². The minimum Gasteiger partial charge on any atom is -0.466 e. The highest BCUT2D eigenvalue weighted by atomic mass is 35.5. The molecule has 0 bridgehead atoms. The molecule has 1 aliphatic heterocycles. The molecule has 3 rings (SSSR count). The summed E-state index contributed by atoms with van der Waals surface area (Å²) in [7, 11) is 0. The van der Waals surface area contributed by atoms with Crippen LogP contribution in [0.5, 0.6) is 0 Å². The summed E-state index contributed by atoms with van der Waals surface area (Å²) < 4.78 is 5.07. The summed E-state index contributed by atoms with van der Waals surface area (Å²) >= 11 is 6.06. The van der Waals surface area contributed by atoms with Gasteiger partial charge in [0.05, 0.1) is 23.9 Å². The van der Waals surface area contributed by atoms with Gasteiger partial charge in [-0.3, -0.25) is 9.79 Å². The van der Waals surface area contributed by atoms with Crippen molar-refractivity contribution in [3.63, 3.8) is 0 Å². The summed E-state index contributed by atoms with van der Waals surface area (Å²) in [6, 6.07) is 5.98. The molecule has 1 aliphatic carbocycles. The van der Waals surface area contributed by atoms with Gasteiger partial charge in [-0.2, -0.15) is 0 Å². The van der Waals surface area contributed by atoms with E-state index >= 15 is 0 Å². The first-order valence-electron chi connectivity index (χ1n) is 7.04. The number of carbonyl (C=O) groups is 1. The maximum absolute atomic E-state index is 11.8. The number of fused-ring (bicyclic) bond motifs is 2. The third-order valence-electron chi connectivity index (χ3n) is 3.80. The molecule has 1 heterocycles. The van der Waals surface area contributed by atoms with E-state index in [0.717, 1.165) is 21.7 Å². The second kappa shape index (κ2) is 5.49. The van der Waals surface area contributed by atoms with Gasteiger partial charge in [0.15, 0.2) is 0 Å². The quantitative estimate of drug-likeness (QED) is 0.803. The van der Waals surface area contributed by atoms with Crippen LogP contribution in [0.1, 0.15) is 25.3 Å². The van der Waals surface area contributed by atoms with Gasteiger partial charge in [0.2, 0.25) is 0 Å². The molecular weight excluding hydrogens is 286 g/mol. The number of hydrogen-bond donors (Lipinski definition) is 0. The van der Waals surface area contributed by atoms with Crippen LogP contribution in [0.25, 0.3) is 5.57 Å². The normalized spacial score (nSPS) is 20.2. The molecule has 0 saturated heterocycles. The maximum atomic E-state index is 11.8. The Morgan fingerprint density at radius 3 is 3.05 bits per heavy atom. The Bertz CT molecular complexity index is 776. The number of carbonyl (C=O) groups excluding carboxylic acids is 1. The van der Waals surface area contributed by atoms with Crippen molar-refractivity contribution < 1.29 is 9.53 Å². The number of rotatable bonds is 3. The summed E-state index contributed by atoms with van der Waals surface area (Å²) in [4.78, 5) is 16.5. The Morgan fingerprint density at radius 1 is 1.48 bits per heavy atom. The lowest BCUT2D eigenvalue weighted by Crippen LogP contribution is -2.25. The van der Waals surface area contributed by atoms with Crippen molar-refractivity contribution in [2.75, 3.05) is 6.61 Å². The number of nitrogens with zero attached hydrogens (tertiary/aromatic N) is 1. The van der Waals surface area contributed by atoms with Crippen molar-refractivity contribution >= 4 is 23.1 Å². The minimum absolute atomic E-state index is 0.0376. The molecule has 108 valence electrons. The van der Waals surface area contributed by atoms with Crippen molar-refractivity contribution in [2.24, 2.45) is 4.99 Å². The maximum Gasteiger partial charge on any atom is 0.313 e. The monoisotopic (exact) mass is 301 g/mol. The molecule has 0 aromatic heterocycles. The molecule has 3 nitrogen and oxygen atoms in total. The second-order valence-corrected chi connectivity index (χ2v) is 5.60. The molecule has 2 atom stereocenters. The zero-order valence-electron chi connectivity index (χ0n) is 12.0. The van der Waals surface area contributed by atoms with Gasteiger partial charge in [-0.05, 0) is 43.2 Å². The third-order valence-corrected chi connectivity index (χ3v) is 4.04. The van der Waals surface area contributed by atoms with Crippen LogP contribution in [0.4, 0.5) is 0 Å². The van der Waals surface area contributed by atoms with Crippen LogP contribution in [0.15, 0.2) is 46.5 Å². The van der Waals surface area contributed by atoms with Crippen molar-refractivity contribution in [1.29, 1.82) is 0 Å². The van der Waals surface area contributed by atoms with Crippen molar-refractivity contribution in [3.8, 4) is 0 Å². The van der Waals surface area contributed by atoms with E-state index in [-0.39, 0.29) is 17.9 Å². The van der Waals surface area contributed by atoms with Crippen molar-refractivity contribution in [2.45, 2.75) is 25.8 Å². The lowest BCUT2D eigenvalue weighted by atomic mass is 9.98. The van der Waals surface area contributed by atoms with Gasteiger partial charge < -0.3 is 4.74 Å². The molecule has 1 aromatic carbocycles. The topological polar surface area (TPSA) is 38.7 Å². The van der Waals surface area contributed by atoms with Crippen LogP contribution in [-0.4, -0.2) is 18.6 Å². The predicted molar refractivity (Wildman–Crippen MR) is 82.5 cm³/mol. The number of halogens is 1. The van der Waals surface area contributed by atoms with Gasteiger partial charge in [-0.15, -0.1) is 0 Å². The number of esters is 1. The Morgan fingerprint density at radius 2 is 2.29 bits per heavy atom. The van der Waals surface area contributed by atoms with E-state index in [0.29, 0.717) is 11.6 Å². The summed E-state index contributed by atoms with van der Waals surface area (Å²) in [5.41, 5.74) is 2.04. The van der Waals surface area contributed by atoms with Crippen molar-refractivity contribution in [3.05, 3.63) is 57.6 Å². The third kappa shape index (κ3) is 2.54. The summed E-state index contributed by atoms with van der Waals surface area (Å²) in [5.74, 6) is -0.490. The lowest BCUT2D eigenvalue weighted by molar-refractivity contribution is -0.144. The fraction of sp³-hybridized carbons (Fsp3) is 0.294. The minimum atomic E-state index is -0.284. The molecule has 0 N–H and O–H groups in total. The summed E-state index contributed by atoms with van der Waals surface area (Å²) in [6.07, 6.45) is 5.81. The smallest absolute Gasteiger partial charge is 0.313 e. The molecule has 2 aliphatic rings. The Labute approximate surface area is 128 Å². The van der Waals surface area contributed by atoms with E-state index in [2.05, 4.69) is 4.99 Å². The van der Waals surface area contributed by atoms with Gasteiger partial charge in [-0.1, -0.05) is 29.8 Å². The average Bonchev–Trinajstić information content (AvgIpc) is 2.83. The van der Waals surface area contributed by atoms with E-state index < -0.39 is 0 Å². The van der Waals surface area contributed by atoms with E-state index in [1.165, 1.54) is 0 Å². The standard InChI is InChI=1S/C17H16ClNO2/c1-3-21-17(20)10(2)11-4-6-13-14-9-12(18)5-7-15(14)19-16(13)8-11/h4-10,15H,3H2,1-2H3/t10-,15-/m1/s1. The van der Waals surface area contributed by atoms with Crippen LogP contribution < -0.4 is 10.6 Å².